The zero-order chi connectivity index (χ0) is 21.0. The molecule has 0 radical (unpaired) electrons. The van der Waals surface area contributed by atoms with Crippen molar-refractivity contribution in [1.29, 1.82) is 0 Å². The molecule has 0 N–H and O–H groups in total. The van der Waals surface area contributed by atoms with Gasteiger partial charge in [-0.25, -0.2) is 0 Å². The Kier molecular flexibility index (Phi) is 5.99. The normalized spacial score (nSPS) is 20.2. The Labute approximate surface area is 186 Å². The molecule has 1 atom stereocenters. The van der Waals surface area contributed by atoms with Crippen molar-refractivity contribution in [2.24, 2.45) is 5.92 Å². The molecular formula is C23H28N6OS. The lowest BCUT2D eigenvalue weighted by molar-refractivity contribution is -0.137. The van der Waals surface area contributed by atoms with Gasteiger partial charge in [-0.3, -0.25) is 14.3 Å². The lowest BCUT2D eigenvalue weighted by Crippen LogP contribution is -2.52. The molecule has 0 saturated carbocycles. The summed E-state index contributed by atoms with van der Waals surface area (Å²) in [5.41, 5.74) is 1.33. The number of hydrogen-bond acceptors (Lipinski definition) is 6. The molecule has 2 fully saturated rings. The van der Waals surface area contributed by atoms with Gasteiger partial charge < -0.3 is 9.80 Å². The van der Waals surface area contributed by atoms with Crippen molar-refractivity contribution in [2.75, 3.05) is 44.2 Å². The number of rotatable bonds is 5. The summed E-state index contributed by atoms with van der Waals surface area (Å²) < 4.78 is 1.97. The molecule has 1 amide bonds. The monoisotopic (exact) mass is 436 g/mol. The van der Waals surface area contributed by atoms with E-state index in [1.54, 1.807) is 11.3 Å². The van der Waals surface area contributed by atoms with Crippen LogP contribution < -0.4 is 4.90 Å². The van der Waals surface area contributed by atoms with Crippen LogP contribution in [0.5, 0.6) is 0 Å². The fourth-order valence-electron chi connectivity index (χ4n) is 4.48. The first-order valence-corrected chi connectivity index (χ1v) is 11.8. The van der Waals surface area contributed by atoms with E-state index in [1.807, 2.05) is 29.1 Å². The number of nitrogens with zero attached hydrogens (tertiary/aromatic N) is 6. The van der Waals surface area contributed by atoms with E-state index in [2.05, 4.69) is 55.2 Å². The summed E-state index contributed by atoms with van der Waals surface area (Å²) in [7, 11) is 0. The molecule has 0 aliphatic carbocycles. The predicted octanol–water partition coefficient (Wildman–Crippen LogP) is 2.89. The number of piperidine rings is 1. The quantitative estimate of drug-likeness (QED) is 0.616. The van der Waals surface area contributed by atoms with Gasteiger partial charge in [0.1, 0.15) is 0 Å². The largest absolute Gasteiger partial charge is 0.346 e. The van der Waals surface area contributed by atoms with Gasteiger partial charge in [0.15, 0.2) is 0 Å². The second-order valence-electron chi connectivity index (χ2n) is 8.33. The van der Waals surface area contributed by atoms with Crippen LogP contribution in [0.4, 0.5) is 5.13 Å². The molecule has 3 aromatic rings. The summed E-state index contributed by atoms with van der Waals surface area (Å²) in [5, 5.41) is 10.5. The number of amides is 1. The average molecular weight is 437 g/mol. The number of benzene rings is 1. The molecule has 8 heteroatoms. The summed E-state index contributed by atoms with van der Waals surface area (Å²) in [6.45, 7) is 6.15. The van der Waals surface area contributed by atoms with E-state index in [0.717, 1.165) is 68.9 Å². The SMILES string of the molecule is O=C(C1CCCN(c2nnc(-n3cccc3)s2)C1)N1CCN(Cc2ccccc2)CC1. The highest BCUT2D eigenvalue weighted by Crippen LogP contribution is 2.28. The number of carbonyl (C=O) groups is 1. The van der Waals surface area contributed by atoms with Crippen LogP contribution in [0, 0.1) is 5.92 Å². The predicted molar refractivity (Wildman–Crippen MR) is 122 cm³/mol. The highest BCUT2D eigenvalue weighted by atomic mass is 32.1. The summed E-state index contributed by atoms with van der Waals surface area (Å²) in [5.74, 6) is 0.354. The molecule has 7 nitrogen and oxygen atoms in total. The second kappa shape index (κ2) is 9.20. The van der Waals surface area contributed by atoms with Crippen LogP contribution in [0.1, 0.15) is 18.4 Å². The van der Waals surface area contributed by atoms with Crippen molar-refractivity contribution in [3.63, 3.8) is 0 Å². The molecule has 2 saturated heterocycles. The van der Waals surface area contributed by atoms with Crippen LogP contribution in [0.15, 0.2) is 54.9 Å². The minimum Gasteiger partial charge on any atom is -0.346 e. The topological polar surface area (TPSA) is 57.5 Å². The molecule has 162 valence electrons. The number of carbonyl (C=O) groups excluding carboxylic acids is 1. The maximum atomic E-state index is 13.2. The lowest BCUT2D eigenvalue weighted by Gasteiger charge is -2.39. The first kappa shape index (κ1) is 20.2. The molecule has 1 aromatic carbocycles. The van der Waals surface area contributed by atoms with E-state index < -0.39 is 0 Å². The molecule has 0 bridgehead atoms. The van der Waals surface area contributed by atoms with Gasteiger partial charge in [0.05, 0.1) is 5.92 Å². The van der Waals surface area contributed by atoms with Gasteiger partial charge in [-0.2, -0.15) is 0 Å². The number of anilines is 1. The van der Waals surface area contributed by atoms with Crippen LogP contribution in [0.2, 0.25) is 0 Å². The molecular weight excluding hydrogens is 408 g/mol. The van der Waals surface area contributed by atoms with Crippen molar-refractivity contribution in [1.82, 2.24) is 24.6 Å². The molecule has 2 aliphatic rings. The molecule has 0 spiro atoms. The van der Waals surface area contributed by atoms with Gasteiger partial charge in [0.25, 0.3) is 0 Å². The first-order chi connectivity index (χ1) is 15.3. The van der Waals surface area contributed by atoms with Gasteiger partial charge in [-0.15, -0.1) is 10.2 Å². The van der Waals surface area contributed by atoms with E-state index >= 15 is 0 Å². The van der Waals surface area contributed by atoms with Crippen molar-refractivity contribution in [2.45, 2.75) is 19.4 Å². The van der Waals surface area contributed by atoms with E-state index in [0.29, 0.717) is 5.91 Å². The van der Waals surface area contributed by atoms with Crippen LogP contribution in [-0.2, 0) is 11.3 Å². The van der Waals surface area contributed by atoms with Gasteiger partial charge in [-0.1, -0.05) is 41.7 Å². The summed E-state index contributed by atoms with van der Waals surface area (Å²) >= 11 is 1.58. The third kappa shape index (κ3) is 4.65. The van der Waals surface area contributed by atoms with Crippen molar-refractivity contribution < 1.29 is 4.79 Å². The van der Waals surface area contributed by atoms with Gasteiger partial charge in [-0.05, 0) is 30.5 Å². The van der Waals surface area contributed by atoms with Gasteiger partial charge >= 0.3 is 0 Å². The Morgan fingerprint density at radius 2 is 1.68 bits per heavy atom. The van der Waals surface area contributed by atoms with Crippen LogP contribution in [0.25, 0.3) is 5.13 Å². The summed E-state index contributed by atoms with van der Waals surface area (Å²) in [6.07, 6.45) is 5.93. The van der Waals surface area contributed by atoms with Crippen LogP contribution >= 0.6 is 11.3 Å². The highest BCUT2D eigenvalue weighted by Gasteiger charge is 2.32. The zero-order valence-corrected chi connectivity index (χ0v) is 18.5. The molecule has 2 aromatic heterocycles. The maximum Gasteiger partial charge on any atom is 0.227 e. The van der Waals surface area contributed by atoms with Crippen LogP contribution in [0.3, 0.4) is 0 Å². The Morgan fingerprint density at radius 3 is 2.45 bits per heavy atom. The number of aromatic nitrogens is 3. The fraction of sp³-hybridized carbons (Fsp3) is 0.435. The molecule has 2 aliphatic heterocycles. The number of hydrogen-bond donors (Lipinski definition) is 0. The van der Waals surface area contributed by atoms with Gasteiger partial charge in [0, 0.05) is 58.2 Å². The summed E-state index contributed by atoms with van der Waals surface area (Å²) in [4.78, 5) is 20.0. The van der Waals surface area contributed by atoms with Gasteiger partial charge in [0.2, 0.25) is 16.2 Å². The van der Waals surface area contributed by atoms with E-state index in [9.17, 15) is 4.79 Å². The van der Waals surface area contributed by atoms with Crippen molar-refractivity contribution >= 4 is 22.4 Å². The lowest BCUT2D eigenvalue weighted by atomic mass is 9.96. The second-order valence-corrected chi connectivity index (χ2v) is 9.26. The fourth-order valence-corrected chi connectivity index (χ4v) is 5.33. The van der Waals surface area contributed by atoms with E-state index in [1.165, 1.54) is 5.56 Å². The highest BCUT2D eigenvalue weighted by molar-refractivity contribution is 7.17. The maximum absolute atomic E-state index is 13.2. The Morgan fingerprint density at radius 1 is 0.935 bits per heavy atom. The van der Waals surface area contributed by atoms with Crippen molar-refractivity contribution in [3.8, 4) is 5.13 Å². The van der Waals surface area contributed by atoms with Crippen LogP contribution in [-0.4, -0.2) is 69.7 Å². The number of piperazine rings is 1. The Hall–Kier alpha value is -2.71. The Balaban J connectivity index is 1.16. The third-order valence-corrected chi connectivity index (χ3v) is 7.20. The Bertz CT molecular complexity index is 981. The van der Waals surface area contributed by atoms with E-state index in [4.69, 9.17) is 0 Å². The zero-order valence-electron chi connectivity index (χ0n) is 17.6. The summed E-state index contributed by atoms with van der Waals surface area (Å²) in [6, 6.07) is 14.5. The molecule has 4 heterocycles. The van der Waals surface area contributed by atoms with E-state index in [-0.39, 0.29) is 5.92 Å². The minimum atomic E-state index is 0.0494. The third-order valence-electron chi connectivity index (χ3n) is 6.20. The molecule has 5 rings (SSSR count). The molecule has 31 heavy (non-hydrogen) atoms. The average Bonchev–Trinajstić information content (AvgIpc) is 3.52. The first-order valence-electron chi connectivity index (χ1n) is 11.0. The minimum absolute atomic E-state index is 0.0494. The smallest absolute Gasteiger partial charge is 0.227 e. The standard InChI is InChI=1S/C23H28N6OS/c30-21(27-15-13-26(14-16-27)17-19-7-2-1-3-8-19)20-9-6-12-29(18-20)23-25-24-22(31-23)28-10-4-5-11-28/h1-5,7-8,10-11,20H,6,9,12-18H2. The van der Waals surface area contributed by atoms with Crippen molar-refractivity contribution in [3.05, 3.63) is 60.4 Å². The molecule has 1 unspecified atom stereocenters.